The van der Waals surface area contributed by atoms with E-state index >= 15 is 0 Å². The van der Waals surface area contributed by atoms with Crippen molar-refractivity contribution in [3.8, 4) is 0 Å². The van der Waals surface area contributed by atoms with E-state index in [1.54, 1.807) is 12.1 Å². The Morgan fingerprint density at radius 1 is 1.29 bits per heavy atom. The Labute approximate surface area is 168 Å². The number of benzene rings is 2. The molecule has 0 fully saturated rings. The second kappa shape index (κ2) is 8.17. The van der Waals surface area contributed by atoms with Gasteiger partial charge < -0.3 is 9.64 Å². The van der Waals surface area contributed by atoms with Crippen molar-refractivity contribution in [2.24, 2.45) is 4.99 Å². The third-order valence-electron chi connectivity index (χ3n) is 5.49. The van der Waals surface area contributed by atoms with Crippen LogP contribution in [-0.4, -0.2) is 31.4 Å². The average Bonchev–Trinajstić information content (AvgIpc) is 2.68. The van der Waals surface area contributed by atoms with Crippen LogP contribution in [0.5, 0.6) is 0 Å². The Kier molecular flexibility index (Phi) is 5.87. The minimum Gasteiger partial charge on any atom is -0.465 e. The number of fused-ring (bicyclic) bond motifs is 1. The van der Waals surface area contributed by atoms with Crippen molar-refractivity contribution >= 4 is 23.6 Å². The van der Waals surface area contributed by atoms with Gasteiger partial charge in [0.1, 0.15) is 0 Å². The summed E-state index contributed by atoms with van der Waals surface area (Å²) in [6.45, 7) is 10.3. The number of carbonyl (C=O) groups is 1. The minimum atomic E-state index is -0.349. The van der Waals surface area contributed by atoms with Gasteiger partial charge >= 0.3 is 5.97 Å². The first kappa shape index (κ1) is 20.1. The quantitative estimate of drug-likeness (QED) is 0.493. The van der Waals surface area contributed by atoms with E-state index in [-0.39, 0.29) is 11.5 Å². The number of anilines is 1. The molecule has 4 heteroatoms. The Morgan fingerprint density at radius 2 is 2.07 bits per heavy atom. The first-order chi connectivity index (χ1) is 13.4. The summed E-state index contributed by atoms with van der Waals surface area (Å²) in [5.41, 5.74) is 5.23. The van der Waals surface area contributed by atoms with E-state index in [1.165, 1.54) is 18.4 Å². The lowest BCUT2D eigenvalue weighted by Crippen LogP contribution is -2.48. The van der Waals surface area contributed by atoms with Gasteiger partial charge in [-0.15, -0.1) is 0 Å². The van der Waals surface area contributed by atoms with E-state index in [4.69, 9.17) is 4.74 Å². The van der Waals surface area contributed by atoms with Crippen LogP contribution < -0.4 is 4.90 Å². The SMILES string of the molecule is CCCN1c2ccc(C=Nc3cccc(C(=O)OC)c3)cc2C(C)CC1(C)C. The molecule has 0 saturated heterocycles. The van der Waals surface area contributed by atoms with Crippen molar-refractivity contribution in [2.45, 2.75) is 52.0 Å². The highest BCUT2D eigenvalue weighted by atomic mass is 16.5. The number of esters is 1. The lowest BCUT2D eigenvalue weighted by Gasteiger charge is -2.47. The number of aliphatic imine (C=N–C) groups is 1. The van der Waals surface area contributed by atoms with E-state index in [0.717, 1.165) is 30.6 Å². The molecule has 0 bridgehead atoms. The Bertz CT molecular complexity index is 886. The molecule has 1 unspecified atom stereocenters. The van der Waals surface area contributed by atoms with E-state index < -0.39 is 0 Å². The summed E-state index contributed by atoms with van der Waals surface area (Å²) >= 11 is 0. The summed E-state index contributed by atoms with van der Waals surface area (Å²) < 4.78 is 4.78. The fraction of sp³-hybridized carbons (Fsp3) is 0.417. The highest BCUT2D eigenvalue weighted by Gasteiger charge is 2.35. The van der Waals surface area contributed by atoms with Gasteiger partial charge in [-0.05, 0) is 74.1 Å². The van der Waals surface area contributed by atoms with Crippen molar-refractivity contribution in [1.82, 2.24) is 0 Å². The third-order valence-corrected chi connectivity index (χ3v) is 5.49. The van der Waals surface area contributed by atoms with Crippen LogP contribution in [0, 0.1) is 0 Å². The summed E-state index contributed by atoms with van der Waals surface area (Å²) in [7, 11) is 1.38. The van der Waals surface area contributed by atoms with E-state index in [9.17, 15) is 4.79 Å². The molecule has 4 nitrogen and oxygen atoms in total. The second-order valence-electron chi connectivity index (χ2n) is 8.19. The smallest absolute Gasteiger partial charge is 0.337 e. The fourth-order valence-electron chi connectivity index (χ4n) is 4.22. The topological polar surface area (TPSA) is 41.9 Å². The fourth-order valence-corrected chi connectivity index (χ4v) is 4.22. The largest absolute Gasteiger partial charge is 0.465 e. The van der Waals surface area contributed by atoms with Crippen molar-refractivity contribution in [2.75, 3.05) is 18.6 Å². The molecule has 1 heterocycles. The summed E-state index contributed by atoms with van der Waals surface area (Å²) in [5, 5.41) is 0. The van der Waals surface area contributed by atoms with E-state index in [1.807, 2.05) is 18.3 Å². The zero-order valence-corrected chi connectivity index (χ0v) is 17.5. The molecule has 2 aromatic rings. The molecule has 148 valence electrons. The molecular formula is C24H30N2O2. The van der Waals surface area contributed by atoms with Crippen LogP contribution in [0.15, 0.2) is 47.5 Å². The maximum absolute atomic E-state index is 11.7. The molecule has 0 aromatic heterocycles. The number of hydrogen-bond donors (Lipinski definition) is 0. The summed E-state index contributed by atoms with van der Waals surface area (Å²) in [4.78, 5) is 18.8. The van der Waals surface area contributed by atoms with Gasteiger partial charge in [0.15, 0.2) is 0 Å². The molecule has 0 N–H and O–H groups in total. The van der Waals surface area contributed by atoms with Crippen LogP contribution >= 0.6 is 0 Å². The van der Waals surface area contributed by atoms with E-state index in [0.29, 0.717) is 11.5 Å². The molecule has 28 heavy (non-hydrogen) atoms. The predicted molar refractivity (Wildman–Crippen MR) is 116 cm³/mol. The zero-order chi connectivity index (χ0) is 20.3. The van der Waals surface area contributed by atoms with Gasteiger partial charge in [-0.3, -0.25) is 4.99 Å². The van der Waals surface area contributed by atoms with Crippen molar-refractivity contribution in [1.29, 1.82) is 0 Å². The predicted octanol–water partition coefficient (Wildman–Crippen LogP) is 5.73. The first-order valence-electron chi connectivity index (χ1n) is 9.99. The molecule has 3 rings (SSSR count). The van der Waals surface area contributed by atoms with E-state index in [2.05, 4.69) is 55.8 Å². The number of ether oxygens (including phenoxy) is 1. The highest BCUT2D eigenvalue weighted by molar-refractivity contribution is 5.91. The average molecular weight is 379 g/mol. The minimum absolute atomic E-state index is 0.173. The van der Waals surface area contributed by atoms with Crippen LogP contribution in [0.3, 0.4) is 0 Å². The normalized spacial score (nSPS) is 18.2. The molecule has 2 aromatic carbocycles. The molecular weight excluding hydrogens is 348 g/mol. The second-order valence-corrected chi connectivity index (χ2v) is 8.19. The van der Waals surface area contributed by atoms with Gasteiger partial charge in [0.2, 0.25) is 0 Å². The highest BCUT2D eigenvalue weighted by Crippen LogP contribution is 2.43. The van der Waals surface area contributed by atoms with Gasteiger partial charge in [0.05, 0.1) is 18.4 Å². The summed E-state index contributed by atoms with van der Waals surface area (Å²) in [6.07, 6.45) is 4.14. The van der Waals surface area contributed by atoms with Gasteiger partial charge in [-0.2, -0.15) is 0 Å². The molecule has 0 saturated carbocycles. The number of rotatable bonds is 5. The number of methoxy groups -OCH3 is 1. The lowest BCUT2D eigenvalue weighted by molar-refractivity contribution is 0.0601. The molecule has 1 aliphatic heterocycles. The molecule has 0 spiro atoms. The Balaban J connectivity index is 1.89. The van der Waals surface area contributed by atoms with Gasteiger partial charge in [0, 0.05) is 24.0 Å². The van der Waals surface area contributed by atoms with Crippen molar-refractivity contribution < 1.29 is 9.53 Å². The number of carbonyl (C=O) groups excluding carboxylic acids is 1. The molecule has 0 aliphatic carbocycles. The molecule has 0 amide bonds. The van der Waals surface area contributed by atoms with Crippen LogP contribution in [0.1, 0.15) is 67.9 Å². The summed E-state index contributed by atoms with van der Waals surface area (Å²) in [5.74, 6) is 0.160. The van der Waals surface area contributed by atoms with Crippen LogP contribution in [-0.2, 0) is 4.74 Å². The van der Waals surface area contributed by atoms with Gasteiger partial charge in [-0.25, -0.2) is 4.79 Å². The maximum Gasteiger partial charge on any atom is 0.337 e. The number of hydrogen-bond acceptors (Lipinski definition) is 4. The monoisotopic (exact) mass is 378 g/mol. The van der Waals surface area contributed by atoms with Crippen LogP contribution in [0.4, 0.5) is 11.4 Å². The van der Waals surface area contributed by atoms with Crippen molar-refractivity contribution in [3.05, 3.63) is 59.2 Å². The Hall–Kier alpha value is -2.62. The van der Waals surface area contributed by atoms with Gasteiger partial charge in [-0.1, -0.05) is 26.0 Å². The van der Waals surface area contributed by atoms with Crippen molar-refractivity contribution in [3.63, 3.8) is 0 Å². The molecule has 0 radical (unpaired) electrons. The lowest BCUT2D eigenvalue weighted by atomic mass is 9.79. The first-order valence-corrected chi connectivity index (χ1v) is 9.99. The maximum atomic E-state index is 11.7. The summed E-state index contributed by atoms with van der Waals surface area (Å²) in [6, 6.07) is 13.8. The Morgan fingerprint density at radius 3 is 2.79 bits per heavy atom. The number of nitrogens with zero attached hydrogens (tertiary/aromatic N) is 2. The molecule has 1 aliphatic rings. The van der Waals surface area contributed by atoms with Crippen LogP contribution in [0.25, 0.3) is 0 Å². The molecule has 1 atom stereocenters. The third kappa shape index (κ3) is 4.11. The van der Waals surface area contributed by atoms with Gasteiger partial charge in [0.25, 0.3) is 0 Å². The standard InChI is InChI=1S/C24H30N2O2/c1-6-12-26-22-11-10-18(13-21(22)17(2)15-24(26,3)4)16-25-20-9-7-8-19(14-20)23(27)28-5/h7-11,13-14,16-17H,6,12,15H2,1-5H3. The zero-order valence-electron chi connectivity index (χ0n) is 17.5. The van der Waals surface area contributed by atoms with Crippen LogP contribution in [0.2, 0.25) is 0 Å².